The molecule has 1 rings (SSSR count). The van der Waals surface area contributed by atoms with Crippen molar-refractivity contribution >= 4 is 28.3 Å². The van der Waals surface area contributed by atoms with Crippen molar-refractivity contribution in [2.75, 3.05) is 39.9 Å². The quantitative estimate of drug-likeness (QED) is 0.489. The lowest BCUT2D eigenvalue weighted by Gasteiger charge is -2.11. The summed E-state index contributed by atoms with van der Waals surface area (Å²) in [5.74, 6) is -0.278. The lowest BCUT2D eigenvalue weighted by atomic mass is 10.1. The van der Waals surface area contributed by atoms with Crippen LogP contribution in [0.3, 0.4) is 0 Å². The van der Waals surface area contributed by atoms with Gasteiger partial charge in [0.25, 0.3) is 5.91 Å². The summed E-state index contributed by atoms with van der Waals surface area (Å²) in [6, 6.07) is 4.53. The minimum absolute atomic E-state index is 0. The highest BCUT2D eigenvalue weighted by Crippen LogP contribution is 2.15. The van der Waals surface area contributed by atoms with Crippen LogP contribution >= 0.6 is 12.4 Å². The largest absolute Gasteiger partial charge is 0.383 e. The van der Waals surface area contributed by atoms with Gasteiger partial charge in [-0.05, 0) is 37.6 Å². The average molecular weight is 394 g/mol. The number of ether oxygens (including phenoxy) is 1. The molecule has 0 aliphatic heterocycles. The maximum absolute atomic E-state index is 12.3. The number of halogens is 1. The highest BCUT2D eigenvalue weighted by atomic mass is 35.5. The van der Waals surface area contributed by atoms with Gasteiger partial charge in [-0.3, -0.25) is 4.79 Å². The molecule has 9 heteroatoms. The first-order chi connectivity index (χ1) is 11.4. The molecule has 144 valence electrons. The predicted octanol–water partition coefficient (Wildman–Crippen LogP) is 1.07. The molecule has 0 aliphatic carbocycles. The van der Waals surface area contributed by atoms with Crippen molar-refractivity contribution in [3.63, 3.8) is 0 Å². The van der Waals surface area contributed by atoms with Crippen LogP contribution in [0, 0.1) is 6.92 Å². The summed E-state index contributed by atoms with van der Waals surface area (Å²) in [5, 5.41) is 5.98. The van der Waals surface area contributed by atoms with E-state index in [0.29, 0.717) is 18.7 Å². The Morgan fingerprint density at radius 2 is 1.88 bits per heavy atom. The van der Waals surface area contributed by atoms with E-state index < -0.39 is 10.0 Å². The van der Waals surface area contributed by atoms with Gasteiger partial charge < -0.3 is 15.4 Å². The van der Waals surface area contributed by atoms with Crippen LogP contribution in [0.1, 0.15) is 29.3 Å². The van der Waals surface area contributed by atoms with Gasteiger partial charge in [0.2, 0.25) is 10.0 Å². The molecule has 0 heterocycles. The lowest BCUT2D eigenvalue weighted by Crippen LogP contribution is -2.32. The fraction of sp³-hybridized carbons (Fsp3) is 0.562. The van der Waals surface area contributed by atoms with Gasteiger partial charge in [-0.1, -0.05) is 13.0 Å². The lowest BCUT2D eigenvalue weighted by molar-refractivity contribution is 0.0953. The minimum atomic E-state index is -3.66. The maximum atomic E-state index is 12.3. The molecule has 0 radical (unpaired) electrons. The summed E-state index contributed by atoms with van der Waals surface area (Å²) in [6.45, 7) is 6.37. The minimum Gasteiger partial charge on any atom is -0.383 e. The molecule has 1 aromatic carbocycles. The van der Waals surface area contributed by atoms with E-state index in [0.717, 1.165) is 18.5 Å². The van der Waals surface area contributed by atoms with Crippen molar-refractivity contribution < 1.29 is 17.9 Å². The van der Waals surface area contributed by atoms with Gasteiger partial charge in [0, 0.05) is 32.3 Å². The molecular weight excluding hydrogens is 366 g/mol. The molecule has 0 spiro atoms. The Kier molecular flexibility index (Phi) is 11.6. The molecule has 0 saturated carbocycles. The first-order valence-electron chi connectivity index (χ1n) is 8.00. The van der Waals surface area contributed by atoms with Gasteiger partial charge in [0.1, 0.15) is 0 Å². The van der Waals surface area contributed by atoms with Crippen LogP contribution in [0.15, 0.2) is 23.1 Å². The number of hydrogen-bond donors (Lipinski definition) is 3. The second kappa shape index (κ2) is 12.2. The summed E-state index contributed by atoms with van der Waals surface area (Å²) >= 11 is 0. The van der Waals surface area contributed by atoms with Crippen LogP contribution in [-0.4, -0.2) is 54.2 Å². The fourth-order valence-corrected chi connectivity index (χ4v) is 3.07. The predicted molar refractivity (Wildman–Crippen MR) is 101 cm³/mol. The Labute approximate surface area is 156 Å². The van der Waals surface area contributed by atoms with E-state index in [9.17, 15) is 13.2 Å². The molecule has 0 aliphatic rings. The average Bonchev–Trinajstić information content (AvgIpc) is 2.54. The third kappa shape index (κ3) is 8.15. The summed E-state index contributed by atoms with van der Waals surface area (Å²) in [7, 11) is -2.16. The van der Waals surface area contributed by atoms with Gasteiger partial charge in [-0.25, -0.2) is 13.1 Å². The standard InChI is InChI=1S/C16H27N3O4S.ClH/c1-4-7-17-8-9-18-16(20)15-12-14(6-5-13(15)2)24(21,22)19-10-11-23-3;/h5-6,12,17,19H,4,7-11H2,1-3H3,(H,18,20);1H. The van der Waals surface area contributed by atoms with Crippen molar-refractivity contribution in [1.29, 1.82) is 0 Å². The number of benzene rings is 1. The zero-order valence-corrected chi connectivity index (χ0v) is 16.6. The van der Waals surface area contributed by atoms with Gasteiger partial charge in [0.05, 0.1) is 11.5 Å². The zero-order chi connectivity index (χ0) is 18.0. The van der Waals surface area contributed by atoms with Gasteiger partial charge in [-0.15, -0.1) is 12.4 Å². The van der Waals surface area contributed by atoms with Gasteiger partial charge >= 0.3 is 0 Å². The third-order valence-electron chi connectivity index (χ3n) is 3.38. The zero-order valence-electron chi connectivity index (χ0n) is 14.9. The molecule has 25 heavy (non-hydrogen) atoms. The summed E-state index contributed by atoms with van der Waals surface area (Å²) in [4.78, 5) is 12.3. The maximum Gasteiger partial charge on any atom is 0.251 e. The number of nitrogens with one attached hydrogen (secondary N) is 3. The van der Waals surface area contributed by atoms with E-state index in [-0.39, 0.29) is 36.4 Å². The molecule has 1 aromatic rings. The first kappa shape index (κ1) is 23.8. The molecule has 0 aromatic heterocycles. The molecular formula is C16H28ClN3O4S. The Morgan fingerprint density at radius 3 is 2.52 bits per heavy atom. The Bertz CT molecular complexity index is 638. The second-order valence-electron chi connectivity index (χ2n) is 5.37. The SMILES string of the molecule is CCCNCCNC(=O)c1cc(S(=O)(=O)NCCOC)ccc1C.Cl. The van der Waals surface area contributed by atoms with Gasteiger partial charge in [0.15, 0.2) is 0 Å². The number of aryl methyl sites for hydroxylation is 1. The van der Waals surface area contributed by atoms with Crippen molar-refractivity contribution in [3.05, 3.63) is 29.3 Å². The summed E-state index contributed by atoms with van der Waals surface area (Å²) < 4.78 is 31.7. The van der Waals surface area contributed by atoms with Crippen molar-refractivity contribution in [2.45, 2.75) is 25.2 Å². The third-order valence-corrected chi connectivity index (χ3v) is 4.84. The highest BCUT2D eigenvalue weighted by molar-refractivity contribution is 7.89. The Morgan fingerprint density at radius 1 is 1.16 bits per heavy atom. The molecule has 3 N–H and O–H groups in total. The van der Waals surface area contributed by atoms with E-state index in [2.05, 4.69) is 22.3 Å². The first-order valence-corrected chi connectivity index (χ1v) is 9.49. The Balaban J connectivity index is 0.00000576. The second-order valence-corrected chi connectivity index (χ2v) is 7.14. The van der Waals surface area contributed by atoms with E-state index in [1.807, 2.05) is 0 Å². The van der Waals surface area contributed by atoms with E-state index in [4.69, 9.17) is 4.74 Å². The van der Waals surface area contributed by atoms with E-state index in [1.54, 1.807) is 13.0 Å². The molecule has 0 fully saturated rings. The van der Waals surface area contributed by atoms with Crippen LogP contribution in [0.25, 0.3) is 0 Å². The number of methoxy groups -OCH3 is 1. The van der Waals surface area contributed by atoms with Crippen molar-refractivity contribution in [1.82, 2.24) is 15.4 Å². The number of hydrogen-bond acceptors (Lipinski definition) is 5. The van der Waals surface area contributed by atoms with Crippen molar-refractivity contribution in [2.24, 2.45) is 0 Å². The monoisotopic (exact) mass is 393 g/mol. The fourth-order valence-electron chi connectivity index (χ4n) is 2.04. The van der Waals surface area contributed by atoms with Gasteiger partial charge in [-0.2, -0.15) is 0 Å². The van der Waals surface area contributed by atoms with Crippen molar-refractivity contribution in [3.8, 4) is 0 Å². The number of carbonyl (C=O) groups excluding carboxylic acids is 1. The number of carbonyl (C=O) groups is 1. The molecule has 1 amide bonds. The smallest absolute Gasteiger partial charge is 0.251 e. The summed E-state index contributed by atoms with van der Waals surface area (Å²) in [5.41, 5.74) is 1.09. The summed E-state index contributed by atoms with van der Waals surface area (Å²) in [6.07, 6.45) is 1.03. The van der Waals surface area contributed by atoms with Crippen LogP contribution in [0.2, 0.25) is 0 Å². The van der Waals surface area contributed by atoms with E-state index >= 15 is 0 Å². The van der Waals surface area contributed by atoms with Crippen LogP contribution in [0.4, 0.5) is 0 Å². The Hall–Kier alpha value is -1.19. The number of sulfonamides is 1. The van der Waals surface area contributed by atoms with E-state index in [1.165, 1.54) is 19.2 Å². The number of amides is 1. The molecule has 7 nitrogen and oxygen atoms in total. The topological polar surface area (TPSA) is 96.5 Å². The number of rotatable bonds is 11. The van der Waals surface area contributed by atoms with Crippen LogP contribution in [-0.2, 0) is 14.8 Å². The van der Waals surface area contributed by atoms with Crippen LogP contribution < -0.4 is 15.4 Å². The van der Waals surface area contributed by atoms with Crippen LogP contribution in [0.5, 0.6) is 0 Å². The normalized spacial score (nSPS) is 11.0. The molecule has 0 bridgehead atoms. The highest BCUT2D eigenvalue weighted by Gasteiger charge is 2.17. The molecule has 0 unspecified atom stereocenters. The molecule has 0 saturated heterocycles. The molecule has 0 atom stereocenters.